The molecule has 19 heavy (non-hydrogen) atoms. The number of methoxy groups -OCH3 is 1. The zero-order valence-corrected chi connectivity index (χ0v) is 11.2. The summed E-state index contributed by atoms with van der Waals surface area (Å²) in [6, 6.07) is 6.26. The van der Waals surface area contributed by atoms with Gasteiger partial charge < -0.3 is 15.2 Å². The monoisotopic (exact) mass is 266 g/mol. The summed E-state index contributed by atoms with van der Waals surface area (Å²) in [6.07, 6.45) is -0.113. The van der Waals surface area contributed by atoms with Crippen molar-refractivity contribution in [2.45, 2.75) is 19.4 Å². The van der Waals surface area contributed by atoms with Crippen molar-refractivity contribution >= 4 is 17.7 Å². The molecule has 0 fully saturated rings. The molecule has 1 rings (SSSR count). The summed E-state index contributed by atoms with van der Waals surface area (Å²) in [7, 11) is 3.16. The molecule has 0 aliphatic carbocycles. The van der Waals surface area contributed by atoms with Crippen LogP contribution < -0.4 is 15.0 Å². The number of benzene rings is 1. The van der Waals surface area contributed by atoms with Gasteiger partial charge in [-0.2, -0.15) is 0 Å². The first-order valence-corrected chi connectivity index (χ1v) is 5.84. The number of anilines is 1. The summed E-state index contributed by atoms with van der Waals surface area (Å²) in [6.45, 7) is 1.64. The highest BCUT2D eigenvalue weighted by molar-refractivity contribution is 5.92. The fraction of sp³-hybridized carbons (Fsp3) is 0.385. The quantitative estimate of drug-likeness (QED) is 0.850. The fourth-order valence-electron chi connectivity index (χ4n) is 1.56. The van der Waals surface area contributed by atoms with Gasteiger partial charge in [0, 0.05) is 24.8 Å². The second kappa shape index (κ2) is 6.63. The van der Waals surface area contributed by atoms with E-state index in [0.29, 0.717) is 11.4 Å². The number of aliphatic carboxylic acids is 1. The zero-order valence-electron chi connectivity index (χ0n) is 11.2. The number of carbonyl (C=O) groups excluding carboxylic acids is 1. The standard InChI is InChI=1S/C13H18N2O4/c1-9(7-12(16)17)14-13(18)15(2)10-5-4-6-11(8-10)19-3/h4-6,8-9H,7H2,1-3H3,(H,14,18)(H,16,17). The lowest BCUT2D eigenvalue weighted by Gasteiger charge is -2.21. The van der Waals surface area contributed by atoms with Crippen molar-refractivity contribution in [1.82, 2.24) is 5.32 Å². The van der Waals surface area contributed by atoms with Crippen LogP contribution in [0.3, 0.4) is 0 Å². The minimum Gasteiger partial charge on any atom is -0.497 e. The average molecular weight is 266 g/mol. The van der Waals surface area contributed by atoms with Crippen molar-refractivity contribution in [3.63, 3.8) is 0 Å². The van der Waals surface area contributed by atoms with Crippen LogP contribution in [0.4, 0.5) is 10.5 Å². The molecule has 2 amide bonds. The minimum absolute atomic E-state index is 0.113. The molecule has 1 aromatic rings. The molecular weight excluding hydrogens is 248 g/mol. The van der Waals surface area contributed by atoms with Gasteiger partial charge in [-0.1, -0.05) is 6.07 Å². The number of urea groups is 1. The van der Waals surface area contributed by atoms with Gasteiger partial charge in [-0.05, 0) is 19.1 Å². The van der Waals surface area contributed by atoms with Gasteiger partial charge in [0.05, 0.1) is 13.5 Å². The number of carbonyl (C=O) groups is 2. The van der Waals surface area contributed by atoms with Crippen LogP contribution in [0.5, 0.6) is 5.75 Å². The van der Waals surface area contributed by atoms with Crippen LogP contribution >= 0.6 is 0 Å². The van der Waals surface area contributed by atoms with Crippen molar-refractivity contribution in [2.24, 2.45) is 0 Å². The number of rotatable bonds is 5. The predicted molar refractivity (Wildman–Crippen MR) is 71.6 cm³/mol. The first-order chi connectivity index (χ1) is 8.93. The summed E-state index contributed by atoms with van der Waals surface area (Å²) in [4.78, 5) is 23.9. The van der Waals surface area contributed by atoms with Crippen molar-refractivity contribution in [3.8, 4) is 5.75 Å². The third-order valence-electron chi connectivity index (χ3n) is 2.60. The van der Waals surface area contributed by atoms with Crippen molar-refractivity contribution < 1.29 is 19.4 Å². The molecule has 1 atom stereocenters. The molecule has 0 bridgehead atoms. The number of nitrogens with one attached hydrogen (secondary N) is 1. The Kier molecular flexibility index (Phi) is 5.17. The second-order valence-corrected chi connectivity index (χ2v) is 4.21. The largest absolute Gasteiger partial charge is 0.497 e. The van der Waals surface area contributed by atoms with E-state index >= 15 is 0 Å². The number of carboxylic acids is 1. The number of ether oxygens (including phenoxy) is 1. The first kappa shape index (κ1) is 14.8. The third-order valence-corrected chi connectivity index (χ3v) is 2.60. The molecule has 6 heteroatoms. The number of hydrogen-bond donors (Lipinski definition) is 2. The fourth-order valence-corrected chi connectivity index (χ4v) is 1.56. The SMILES string of the molecule is COc1cccc(N(C)C(=O)NC(C)CC(=O)O)c1. The van der Waals surface area contributed by atoms with Crippen molar-refractivity contribution in [1.29, 1.82) is 0 Å². The smallest absolute Gasteiger partial charge is 0.321 e. The Bertz CT molecular complexity index is 462. The van der Waals surface area contributed by atoms with Gasteiger partial charge in [0.15, 0.2) is 0 Å². The van der Waals surface area contributed by atoms with Crippen molar-refractivity contribution in [3.05, 3.63) is 24.3 Å². The average Bonchev–Trinajstić information content (AvgIpc) is 2.36. The van der Waals surface area contributed by atoms with Crippen LogP contribution in [0.15, 0.2) is 24.3 Å². The normalized spacial score (nSPS) is 11.5. The first-order valence-electron chi connectivity index (χ1n) is 5.84. The molecule has 0 radical (unpaired) electrons. The maximum Gasteiger partial charge on any atom is 0.321 e. The Balaban J connectivity index is 2.68. The Hall–Kier alpha value is -2.24. The van der Waals surface area contributed by atoms with Crippen LogP contribution in [0.1, 0.15) is 13.3 Å². The molecule has 0 spiro atoms. The summed E-state index contributed by atoms with van der Waals surface area (Å²) >= 11 is 0. The maximum atomic E-state index is 11.9. The van der Waals surface area contributed by atoms with E-state index in [-0.39, 0.29) is 12.5 Å². The number of carboxylic acid groups (broad SMARTS) is 1. The molecule has 0 aliphatic heterocycles. The van der Waals surface area contributed by atoms with Gasteiger partial charge in [0.1, 0.15) is 5.75 Å². The van der Waals surface area contributed by atoms with Crippen LogP contribution in [-0.4, -0.2) is 37.3 Å². The Morgan fingerprint density at radius 1 is 1.47 bits per heavy atom. The number of nitrogens with zero attached hydrogens (tertiary/aromatic N) is 1. The van der Waals surface area contributed by atoms with Crippen LogP contribution in [0.2, 0.25) is 0 Å². The highest BCUT2D eigenvalue weighted by atomic mass is 16.5. The highest BCUT2D eigenvalue weighted by Gasteiger charge is 2.15. The van der Waals surface area contributed by atoms with Crippen LogP contribution in [0.25, 0.3) is 0 Å². The molecule has 1 aromatic carbocycles. The summed E-state index contributed by atoms with van der Waals surface area (Å²) in [5.41, 5.74) is 0.666. The molecule has 104 valence electrons. The lowest BCUT2D eigenvalue weighted by atomic mass is 10.2. The van der Waals surface area contributed by atoms with Gasteiger partial charge in [-0.3, -0.25) is 9.69 Å². The van der Waals surface area contributed by atoms with Gasteiger partial charge in [-0.15, -0.1) is 0 Å². The molecule has 0 heterocycles. The topological polar surface area (TPSA) is 78.9 Å². The highest BCUT2D eigenvalue weighted by Crippen LogP contribution is 2.19. The summed E-state index contributed by atoms with van der Waals surface area (Å²) in [5, 5.41) is 11.3. The maximum absolute atomic E-state index is 11.9. The molecule has 0 saturated heterocycles. The molecule has 1 unspecified atom stereocenters. The van der Waals surface area contributed by atoms with Gasteiger partial charge in [0.25, 0.3) is 0 Å². The minimum atomic E-state index is -0.947. The third kappa shape index (κ3) is 4.50. The molecule has 0 aromatic heterocycles. The van der Waals surface area contributed by atoms with E-state index < -0.39 is 12.0 Å². The molecule has 6 nitrogen and oxygen atoms in total. The van der Waals surface area contributed by atoms with E-state index in [4.69, 9.17) is 9.84 Å². The molecule has 2 N–H and O–H groups in total. The number of amides is 2. The second-order valence-electron chi connectivity index (χ2n) is 4.21. The van der Waals surface area contributed by atoms with Gasteiger partial charge >= 0.3 is 12.0 Å². The van der Waals surface area contributed by atoms with E-state index in [1.165, 1.54) is 4.90 Å². The lowest BCUT2D eigenvalue weighted by Crippen LogP contribution is -2.42. The zero-order chi connectivity index (χ0) is 14.4. The van der Waals surface area contributed by atoms with E-state index in [1.54, 1.807) is 45.3 Å². The molecule has 0 saturated carbocycles. The Morgan fingerprint density at radius 2 is 2.16 bits per heavy atom. The Morgan fingerprint density at radius 3 is 2.74 bits per heavy atom. The van der Waals surface area contributed by atoms with Gasteiger partial charge in [0.2, 0.25) is 0 Å². The summed E-state index contributed by atoms with van der Waals surface area (Å²) < 4.78 is 5.08. The van der Waals surface area contributed by atoms with Crippen molar-refractivity contribution in [2.75, 3.05) is 19.1 Å². The lowest BCUT2D eigenvalue weighted by molar-refractivity contribution is -0.137. The van der Waals surface area contributed by atoms with E-state index in [0.717, 1.165) is 0 Å². The Labute approximate surface area is 112 Å². The summed E-state index contributed by atoms with van der Waals surface area (Å²) in [5.74, 6) is -0.299. The van der Waals surface area contributed by atoms with E-state index in [9.17, 15) is 9.59 Å². The predicted octanol–water partition coefficient (Wildman–Crippen LogP) is 1.70. The van der Waals surface area contributed by atoms with Crippen LogP contribution in [0, 0.1) is 0 Å². The van der Waals surface area contributed by atoms with E-state index in [1.807, 2.05) is 0 Å². The van der Waals surface area contributed by atoms with E-state index in [2.05, 4.69) is 5.32 Å². The molecule has 0 aliphatic rings. The molecular formula is C13H18N2O4. The number of hydrogen-bond acceptors (Lipinski definition) is 3. The van der Waals surface area contributed by atoms with Crippen LogP contribution in [-0.2, 0) is 4.79 Å². The van der Waals surface area contributed by atoms with Gasteiger partial charge in [-0.25, -0.2) is 4.79 Å².